The van der Waals surface area contributed by atoms with Gasteiger partial charge in [0.2, 0.25) is 0 Å². The van der Waals surface area contributed by atoms with Crippen LogP contribution in [0.4, 0.5) is 22.0 Å². The Kier molecular flexibility index (Phi) is 6.61. The number of aryl methyl sites for hydroxylation is 1. The zero-order valence-corrected chi connectivity index (χ0v) is 19.2. The quantitative estimate of drug-likeness (QED) is 0.359. The van der Waals surface area contributed by atoms with E-state index in [0.717, 1.165) is 0 Å². The number of carbonyl (C=O) groups is 2. The Morgan fingerprint density at radius 1 is 1.24 bits per heavy atom. The number of amides is 3. The summed E-state index contributed by atoms with van der Waals surface area (Å²) >= 11 is 0. The molecule has 0 saturated heterocycles. The number of hydrogen-bond donors (Lipinski definition) is 4. The molecule has 3 aromatic rings. The molecule has 34 heavy (non-hydrogen) atoms. The molecule has 13 heteroatoms. The van der Waals surface area contributed by atoms with Crippen molar-refractivity contribution in [3.05, 3.63) is 36.3 Å². The predicted octanol–water partition coefficient (Wildman–Crippen LogP) is 1.07. The van der Waals surface area contributed by atoms with E-state index in [9.17, 15) is 9.59 Å². The minimum Gasteiger partial charge on any atom is -0.494 e. The fourth-order valence-electron chi connectivity index (χ4n) is 2.97. The van der Waals surface area contributed by atoms with Gasteiger partial charge in [-0.1, -0.05) is 6.07 Å². The topological polar surface area (TPSA) is 151 Å². The molecule has 0 bridgehead atoms. The van der Waals surface area contributed by atoms with Gasteiger partial charge in [0.05, 0.1) is 24.0 Å². The number of rotatable bonds is 9. The maximum atomic E-state index is 12.7. The first-order chi connectivity index (χ1) is 17.5. The van der Waals surface area contributed by atoms with Crippen molar-refractivity contribution in [2.45, 2.75) is 0 Å². The number of urea groups is 1. The van der Waals surface area contributed by atoms with E-state index in [-0.39, 0.29) is 17.2 Å². The smallest absolute Gasteiger partial charge is 0.320 e. The highest BCUT2D eigenvalue weighted by Gasteiger charge is 2.19. The van der Waals surface area contributed by atoms with Crippen LogP contribution in [0.3, 0.4) is 0 Å². The van der Waals surface area contributed by atoms with Gasteiger partial charge < -0.3 is 25.6 Å². The highest BCUT2D eigenvalue weighted by atomic mass is 16.5. The van der Waals surface area contributed by atoms with Gasteiger partial charge >= 0.3 is 6.03 Å². The maximum absolute atomic E-state index is 12.7. The molecule has 3 rings (SSSR count). The van der Waals surface area contributed by atoms with Gasteiger partial charge in [-0.05, 0) is 26.2 Å². The van der Waals surface area contributed by atoms with Gasteiger partial charge in [0.1, 0.15) is 6.33 Å². The Morgan fingerprint density at radius 3 is 2.74 bits per heavy atom. The van der Waals surface area contributed by atoms with Crippen LogP contribution in [0.25, 0.3) is 11.4 Å². The van der Waals surface area contributed by atoms with E-state index in [1.165, 1.54) is 13.2 Å². The summed E-state index contributed by atoms with van der Waals surface area (Å²) in [5.41, 5.74) is 0.745. The normalized spacial score (nSPS) is 12.3. The van der Waals surface area contributed by atoms with Crippen molar-refractivity contribution >= 4 is 29.1 Å². The van der Waals surface area contributed by atoms with E-state index >= 15 is 0 Å². The zero-order valence-electron chi connectivity index (χ0n) is 22.2. The number of para-hydroxylation sites is 1. The summed E-state index contributed by atoms with van der Waals surface area (Å²) in [5.74, 6) is -0.188. The lowest BCUT2D eigenvalue weighted by Gasteiger charge is -2.16. The Labute approximate surface area is 201 Å². The second-order valence-corrected chi connectivity index (χ2v) is 7.38. The SMILES string of the molecule is [2H]C([2H])([2H])NC(=O)c1nnc(NC(=O)NCCN(C)C)cc1Nc1cccc(-c2ncn(C)n2)c1OC. The van der Waals surface area contributed by atoms with E-state index < -0.39 is 18.9 Å². The molecule has 2 heterocycles. The first-order valence-corrected chi connectivity index (χ1v) is 10.2. The number of aromatic nitrogens is 5. The monoisotopic (exact) mass is 471 g/mol. The number of ether oxygens (including phenoxy) is 1. The number of methoxy groups -OCH3 is 1. The summed E-state index contributed by atoms with van der Waals surface area (Å²) in [7, 11) is 6.94. The minimum absolute atomic E-state index is 0.0248. The number of benzene rings is 1. The molecular formula is C21H28N10O3. The van der Waals surface area contributed by atoms with Crippen LogP contribution in [0, 0.1) is 0 Å². The number of carbonyl (C=O) groups excluding carboxylic acids is 2. The average molecular weight is 472 g/mol. The molecular weight excluding hydrogens is 440 g/mol. The van der Waals surface area contributed by atoms with E-state index in [1.807, 2.05) is 24.3 Å². The van der Waals surface area contributed by atoms with Gasteiger partial charge in [0.15, 0.2) is 23.1 Å². The average Bonchev–Trinajstić information content (AvgIpc) is 3.23. The summed E-state index contributed by atoms with van der Waals surface area (Å²) in [4.78, 5) is 31.1. The molecule has 13 nitrogen and oxygen atoms in total. The van der Waals surface area contributed by atoms with Gasteiger partial charge in [0.25, 0.3) is 5.91 Å². The molecule has 3 amide bonds. The van der Waals surface area contributed by atoms with Crippen LogP contribution in [0.1, 0.15) is 14.6 Å². The Morgan fingerprint density at radius 2 is 2.06 bits per heavy atom. The molecule has 1 aromatic carbocycles. The molecule has 0 radical (unpaired) electrons. The molecule has 2 aromatic heterocycles. The number of likely N-dealkylation sites (N-methyl/N-ethyl adjacent to an activating group) is 1. The van der Waals surface area contributed by atoms with E-state index in [1.54, 1.807) is 36.3 Å². The van der Waals surface area contributed by atoms with Crippen molar-refractivity contribution < 1.29 is 18.4 Å². The fourth-order valence-corrected chi connectivity index (χ4v) is 2.97. The van der Waals surface area contributed by atoms with Crippen molar-refractivity contribution in [3.63, 3.8) is 0 Å². The number of anilines is 3. The molecule has 0 fully saturated rings. The van der Waals surface area contributed by atoms with Gasteiger partial charge in [0, 0.05) is 37.3 Å². The summed E-state index contributed by atoms with van der Waals surface area (Å²) in [6.07, 6.45) is 1.54. The largest absolute Gasteiger partial charge is 0.494 e. The summed E-state index contributed by atoms with van der Waals surface area (Å²) in [5, 5.41) is 22.2. The van der Waals surface area contributed by atoms with Crippen LogP contribution in [0.15, 0.2) is 30.6 Å². The number of nitrogens with one attached hydrogen (secondary N) is 4. The standard InChI is InChI=1S/C21H28N10O3/c1-22-20(32)17-15(11-16(27-28-17)26-21(33)23-9-10-30(2)3)25-14-8-6-7-13(18(14)34-5)19-24-12-31(4)29-19/h6-8,11-12H,9-10H2,1-5H3,(H,22,32)(H3,23,25,26,27,33)/i1D3. The molecule has 0 unspecified atom stereocenters. The van der Waals surface area contributed by atoms with Crippen LogP contribution in [0.2, 0.25) is 0 Å². The third kappa shape index (κ3) is 5.95. The molecule has 0 aliphatic heterocycles. The highest BCUT2D eigenvalue weighted by Crippen LogP contribution is 2.37. The molecule has 180 valence electrons. The van der Waals surface area contributed by atoms with Crippen LogP contribution >= 0.6 is 0 Å². The molecule has 4 N–H and O–H groups in total. The van der Waals surface area contributed by atoms with Crippen molar-refractivity contribution in [3.8, 4) is 17.1 Å². The van der Waals surface area contributed by atoms with Crippen LogP contribution < -0.4 is 26.0 Å². The van der Waals surface area contributed by atoms with Gasteiger partial charge in [-0.25, -0.2) is 9.78 Å². The Bertz CT molecular complexity index is 1260. The lowest BCUT2D eigenvalue weighted by molar-refractivity contribution is 0.0958. The van der Waals surface area contributed by atoms with Gasteiger partial charge in [-0.15, -0.1) is 10.2 Å². The minimum atomic E-state index is -2.75. The van der Waals surface area contributed by atoms with E-state index in [0.29, 0.717) is 35.9 Å². The van der Waals surface area contributed by atoms with Crippen molar-refractivity contribution in [1.29, 1.82) is 0 Å². The zero-order chi connectivity index (χ0) is 27.2. The summed E-state index contributed by atoms with van der Waals surface area (Å²) in [6, 6.07) is 6.00. The molecule has 0 atom stereocenters. The third-order valence-corrected chi connectivity index (χ3v) is 4.54. The number of nitrogens with zero attached hydrogens (tertiary/aromatic N) is 6. The molecule has 0 aliphatic carbocycles. The molecule has 0 saturated carbocycles. The Balaban J connectivity index is 1.96. The summed E-state index contributed by atoms with van der Waals surface area (Å²) in [6.45, 7) is -1.73. The van der Waals surface area contributed by atoms with Crippen molar-refractivity contribution in [1.82, 2.24) is 40.5 Å². The maximum Gasteiger partial charge on any atom is 0.320 e. The second-order valence-electron chi connectivity index (χ2n) is 7.38. The van der Waals surface area contributed by atoms with Crippen molar-refractivity contribution in [2.75, 3.05) is 51.9 Å². The van der Waals surface area contributed by atoms with Crippen LogP contribution in [0.5, 0.6) is 5.75 Å². The van der Waals surface area contributed by atoms with E-state index in [4.69, 9.17) is 8.85 Å². The molecule has 0 spiro atoms. The second kappa shape index (κ2) is 11.0. The number of hydrogen-bond acceptors (Lipinski definition) is 9. The van der Waals surface area contributed by atoms with Gasteiger partial charge in [-0.2, -0.15) is 5.10 Å². The lowest BCUT2D eigenvalue weighted by Crippen LogP contribution is -2.34. The Hall–Kier alpha value is -4.26. The first-order valence-electron chi connectivity index (χ1n) is 11.7. The van der Waals surface area contributed by atoms with Gasteiger partial charge in [-0.3, -0.25) is 14.8 Å². The first kappa shape index (κ1) is 20.4. The fraction of sp³-hybridized carbons (Fsp3) is 0.333. The van der Waals surface area contributed by atoms with Crippen molar-refractivity contribution in [2.24, 2.45) is 7.05 Å². The highest BCUT2D eigenvalue weighted by molar-refractivity contribution is 5.99. The predicted molar refractivity (Wildman–Crippen MR) is 127 cm³/mol. The lowest BCUT2D eigenvalue weighted by atomic mass is 10.1. The van der Waals surface area contributed by atoms with Crippen LogP contribution in [-0.2, 0) is 7.05 Å². The van der Waals surface area contributed by atoms with Crippen LogP contribution in [-0.4, -0.2) is 83.1 Å². The third-order valence-electron chi connectivity index (χ3n) is 4.54. The summed E-state index contributed by atoms with van der Waals surface area (Å²) < 4.78 is 29.2. The van der Waals surface area contributed by atoms with E-state index in [2.05, 4.69) is 36.2 Å². The molecule has 0 aliphatic rings.